The largest absolute Gasteiger partial charge is 0.207 e. The minimum Gasteiger partial charge on any atom is -0.207 e. The van der Waals surface area contributed by atoms with Crippen molar-refractivity contribution in [3.63, 3.8) is 0 Å². The third-order valence-electron chi connectivity index (χ3n) is 5.31. The molecule has 2 aromatic carbocycles. The molecule has 0 radical (unpaired) electrons. The lowest BCUT2D eigenvalue weighted by molar-refractivity contribution is 0.475. The Hall–Kier alpha value is -2.33. The van der Waals surface area contributed by atoms with Crippen LogP contribution in [0.15, 0.2) is 65.8 Å². The summed E-state index contributed by atoms with van der Waals surface area (Å²) >= 11 is 1.74. The first-order chi connectivity index (χ1) is 13.0. The van der Waals surface area contributed by atoms with E-state index in [1.807, 2.05) is 44.2 Å². The van der Waals surface area contributed by atoms with Crippen LogP contribution in [0.5, 0.6) is 0 Å². The summed E-state index contributed by atoms with van der Waals surface area (Å²) in [5, 5.41) is 3.31. The monoisotopic (exact) mass is 381 g/mol. The summed E-state index contributed by atoms with van der Waals surface area (Å²) in [5.74, 6) is 0.00227. The Morgan fingerprint density at radius 1 is 1.07 bits per heavy atom. The van der Waals surface area contributed by atoms with Gasteiger partial charge in [-0.3, -0.25) is 0 Å². The van der Waals surface area contributed by atoms with Gasteiger partial charge in [-0.25, -0.2) is 4.39 Å². The molecule has 0 saturated carbocycles. The normalized spacial score (nSPS) is 14.5. The van der Waals surface area contributed by atoms with E-state index in [-0.39, 0.29) is 11.7 Å². The van der Waals surface area contributed by atoms with Crippen molar-refractivity contribution in [2.45, 2.75) is 45.1 Å². The smallest absolute Gasteiger partial charge is 0.124 e. The number of halogens is 1. The number of rotatable bonds is 7. The molecular weight excluding hydrogens is 357 g/mol. The molecule has 27 heavy (non-hydrogen) atoms. The molecule has 1 unspecified atom stereocenters. The molecule has 140 valence electrons. The minimum absolute atomic E-state index is 0.193. The number of benzene rings is 2. The van der Waals surface area contributed by atoms with Crippen LogP contribution in [0.1, 0.15) is 55.5 Å². The predicted octanol–water partition coefficient (Wildman–Crippen LogP) is 7.49. The maximum atomic E-state index is 13.6. The van der Waals surface area contributed by atoms with Gasteiger partial charge in [-0.05, 0) is 60.7 Å². The highest BCUT2D eigenvalue weighted by molar-refractivity contribution is 7.15. The molecular formula is C23H24FNOS. The van der Waals surface area contributed by atoms with E-state index in [9.17, 15) is 9.30 Å². The van der Waals surface area contributed by atoms with Crippen LogP contribution in [0.3, 0.4) is 0 Å². The second kappa shape index (κ2) is 8.13. The third-order valence-corrected chi connectivity index (χ3v) is 6.56. The van der Waals surface area contributed by atoms with E-state index in [2.05, 4.69) is 24.2 Å². The fraction of sp³-hybridized carbons (Fsp3) is 0.304. The molecule has 1 aromatic heterocycles. The first-order valence-electron chi connectivity index (χ1n) is 9.31. The van der Waals surface area contributed by atoms with E-state index in [0.717, 1.165) is 23.1 Å². The number of hydrogen-bond donors (Lipinski definition) is 0. The van der Waals surface area contributed by atoms with Crippen LogP contribution >= 0.6 is 11.3 Å². The SMILES string of the molecule is CC[C@H](c1cccc(F)c1)c1ccc(-c2ccc(C(C)(CC)N=O)cc2)s1. The van der Waals surface area contributed by atoms with Crippen LogP contribution < -0.4 is 0 Å². The molecule has 0 N–H and O–H groups in total. The summed E-state index contributed by atoms with van der Waals surface area (Å²) in [7, 11) is 0. The minimum atomic E-state index is -0.677. The molecule has 0 bridgehead atoms. The molecule has 0 aliphatic carbocycles. The number of nitrogens with zero attached hydrogens (tertiary/aromatic N) is 1. The zero-order valence-electron chi connectivity index (χ0n) is 15.9. The Kier molecular flexibility index (Phi) is 5.85. The highest BCUT2D eigenvalue weighted by Gasteiger charge is 2.25. The molecule has 0 aliphatic heterocycles. The lowest BCUT2D eigenvalue weighted by atomic mass is 9.90. The average Bonchev–Trinajstić information content (AvgIpc) is 3.18. The molecule has 0 amide bonds. The predicted molar refractivity (Wildman–Crippen MR) is 112 cm³/mol. The van der Waals surface area contributed by atoms with Gasteiger partial charge in [0.15, 0.2) is 0 Å². The van der Waals surface area contributed by atoms with Gasteiger partial charge < -0.3 is 0 Å². The van der Waals surface area contributed by atoms with Crippen LogP contribution in [-0.2, 0) is 5.54 Å². The second-order valence-corrected chi connectivity index (χ2v) is 8.13. The first kappa shape index (κ1) is 19.4. The van der Waals surface area contributed by atoms with Gasteiger partial charge in [-0.15, -0.1) is 16.2 Å². The fourth-order valence-electron chi connectivity index (χ4n) is 3.33. The highest BCUT2D eigenvalue weighted by Crippen LogP contribution is 2.38. The van der Waals surface area contributed by atoms with Gasteiger partial charge in [-0.2, -0.15) is 0 Å². The van der Waals surface area contributed by atoms with E-state index in [1.54, 1.807) is 23.5 Å². The molecule has 2 nitrogen and oxygen atoms in total. The van der Waals surface area contributed by atoms with Gasteiger partial charge >= 0.3 is 0 Å². The van der Waals surface area contributed by atoms with Crippen LogP contribution in [0.4, 0.5) is 4.39 Å². The molecule has 1 heterocycles. The fourth-order valence-corrected chi connectivity index (χ4v) is 4.56. The van der Waals surface area contributed by atoms with Crippen molar-refractivity contribution >= 4 is 11.3 Å². The Bertz CT molecular complexity index is 918. The molecule has 0 fully saturated rings. The van der Waals surface area contributed by atoms with E-state index in [0.29, 0.717) is 6.42 Å². The van der Waals surface area contributed by atoms with Crippen molar-refractivity contribution in [2.24, 2.45) is 5.18 Å². The summed E-state index contributed by atoms with van der Waals surface area (Å²) < 4.78 is 13.6. The van der Waals surface area contributed by atoms with Gasteiger partial charge in [0.2, 0.25) is 0 Å². The van der Waals surface area contributed by atoms with E-state index >= 15 is 0 Å². The Morgan fingerprint density at radius 3 is 2.41 bits per heavy atom. The van der Waals surface area contributed by atoms with Crippen molar-refractivity contribution in [2.75, 3.05) is 0 Å². The maximum Gasteiger partial charge on any atom is 0.124 e. The molecule has 4 heteroatoms. The third kappa shape index (κ3) is 4.01. The van der Waals surface area contributed by atoms with Crippen LogP contribution in [0.25, 0.3) is 10.4 Å². The summed E-state index contributed by atoms with van der Waals surface area (Å²) in [4.78, 5) is 13.6. The maximum absolute atomic E-state index is 13.6. The zero-order valence-corrected chi connectivity index (χ0v) is 16.7. The molecule has 0 spiro atoms. The summed E-state index contributed by atoms with van der Waals surface area (Å²) in [6.45, 7) is 5.96. The van der Waals surface area contributed by atoms with E-state index in [4.69, 9.17) is 0 Å². The Balaban J connectivity index is 1.88. The van der Waals surface area contributed by atoms with E-state index < -0.39 is 5.54 Å². The summed E-state index contributed by atoms with van der Waals surface area (Å²) in [5.41, 5.74) is 2.39. The second-order valence-electron chi connectivity index (χ2n) is 7.01. The topological polar surface area (TPSA) is 29.4 Å². The summed E-state index contributed by atoms with van der Waals surface area (Å²) in [6, 6.07) is 19.2. The number of thiophene rings is 1. The molecule has 0 saturated heterocycles. The first-order valence-corrected chi connectivity index (χ1v) is 10.1. The van der Waals surface area contributed by atoms with Gasteiger partial charge in [-0.1, -0.05) is 55.4 Å². The van der Waals surface area contributed by atoms with Crippen LogP contribution in [0.2, 0.25) is 0 Å². The van der Waals surface area contributed by atoms with Crippen molar-refractivity contribution in [1.29, 1.82) is 0 Å². The van der Waals surface area contributed by atoms with Crippen molar-refractivity contribution in [1.82, 2.24) is 0 Å². The zero-order chi connectivity index (χ0) is 19.4. The molecule has 2 atom stereocenters. The van der Waals surface area contributed by atoms with Gasteiger partial charge in [0.1, 0.15) is 11.4 Å². The standard InChI is InChI=1S/C23H24FNOS/c1-4-20(17-7-6-8-19(24)15-17)22-14-13-21(27-22)16-9-11-18(12-10-16)23(3,5-2)25-26/h6-15,20H,4-5H2,1-3H3/t20-,23?/m1/s1. The molecule has 3 rings (SSSR count). The molecule has 0 aliphatic rings. The van der Waals surface area contributed by atoms with Crippen LogP contribution in [0, 0.1) is 10.7 Å². The summed E-state index contributed by atoms with van der Waals surface area (Å²) in [6.07, 6.45) is 1.59. The lowest BCUT2D eigenvalue weighted by Gasteiger charge is -2.19. The van der Waals surface area contributed by atoms with Crippen molar-refractivity contribution < 1.29 is 4.39 Å². The van der Waals surface area contributed by atoms with Crippen molar-refractivity contribution in [3.05, 3.63) is 87.4 Å². The number of hydrogen-bond acceptors (Lipinski definition) is 3. The van der Waals surface area contributed by atoms with Crippen LogP contribution in [-0.4, -0.2) is 0 Å². The van der Waals surface area contributed by atoms with Gasteiger partial charge in [0, 0.05) is 15.7 Å². The van der Waals surface area contributed by atoms with Gasteiger partial charge in [0.05, 0.1) is 0 Å². The Labute approximate surface area is 164 Å². The quantitative estimate of drug-likeness (QED) is 0.390. The highest BCUT2D eigenvalue weighted by atomic mass is 32.1. The van der Waals surface area contributed by atoms with Gasteiger partial charge in [0.25, 0.3) is 0 Å². The lowest BCUT2D eigenvalue weighted by Crippen LogP contribution is -2.16. The number of nitroso groups, excluding NO2 is 1. The van der Waals surface area contributed by atoms with E-state index in [1.165, 1.54) is 15.8 Å². The Morgan fingerprint density at radius 2 is 1.81 bits per heavy atom. The molecule has 3 aromatic rings. The average molecular weight is 382 g/mol. The van der Waals surface area contributed by atoms with Crippen molar-refractivity contribution in [3.8, 4) is 10.4 Å².